The summed E-state index contributed by atoms with van der Waals surface area (Å²) in [6.45, 7) is 6.56. The predicted octanol–water partition coefficient (Wildman–Crippen LogP) is 2.82. The summed E-state index contributed by atoms with van der Waals surface area (Å²) in [6.07, 6.45) is 10.8. The fourth-order valence-electron chi connectivity index (χ4n) is 3.77. The zero-order valence-electron chi connectivity index (χ0n) is 15.6. The Morgan fingerprint density at radius 3 is 2.38 bits per heavy atom. The monoisotopic (exact) mass is 336 g/mol. The van der Waals surface area contributed by atoms with Crippen LogP contribution in [0.3, 0.4) is 0 Å². The van der Waals surface area contributed by atoms with Crippen molar-refractivity contribution in [3.63, 3.8) is 0 Å². The molecule has 2 saturated carbocycles. The molecule has 0 radical (unpaired) electrons. The van der Waals surface area contributed by atoms with Gasteiger partial charge in [-0.25, -0.2) is 0 Å². The van der Waals surface area contributed by atoms with E-state index in [2.05, 4.69) is 34.8 Å². The number of aliphatic imine (C=N–C) groups is 1. The molecule has 0 unspecified atom stereocenters. The smallest absolute Gasteiger partial charge is 0.223 e. The van der Waals surface area contributed by atoms with E-state index in [4.69, 9.17) is 0 Å². The average Bonchev–Trinajstić information content (AvgIpc) is 2.61. The second kappa shape index (κ2) is 10.6. The molecule has 2 aliphatic rings. The summed E-state index contributed by atoms with van der Waals surface area (Å²) in [6, 6.07) is 0.538. The summed E-state index contributed by atoms with van der Waals surface area (Å²) >= 11 is 0. The van der Waals surface area contributed by atoms with Crippen LogP contribution in [-0.2, 0) is 4.79 Å². The van der Waals surface area contributed by atoms with Crippen LogP contribution in [-0.4, -0.2) is 37.5 Å². The van der Waals surface area contributed by atoms with E-state index in [-0.39, 0.29) is 11.8 Å². The van der Waals surface area contributed by atoms with Crippen LogP contribution in [0.2, 0.25) is 0 Å². The van der Waals surface area contributed by atoms with Crippen molar-refractivity contribution in [2.75, 3.05) is 19.6 Å². The van der Waals surface area contributed by atoms with E-state index in [1.807, 2.05) is 0 Å². The molecule has 0 bridgehead atoms. The second-order valence-electron chi connectivity index (χ2n) is 7.49. The van der Waals surface area contributed by atoms with Crippen molar-refractivity contribution >= 4 is 11.9 Å². The van der Waals surface area contributed by atoms with Crippen molar-refractivity contribution in [1.29, 1.82) is 0 Å². The van der Waals surface area contributed by atoms with Crippen LogP contribution in [0.4, 0.5) is 0 Å². The van der Waals surface area contributed by atoms with Gasteiger partial charge >= 0.3 is 0 Å². The summed E-state index contributed by atoms with van der Waals surface area (Å²) < 4.78 is 0. The van der Waals surface area contributed by atoms with E-state index in [1.165, 1.54) is 44.9 Å². The number of guanidine groups is 1. The maximum absolute atomic E-state index is 12.1. The highest BCUT2D eigenvalue weighted by Gasteiger charge is 2.21. The van der Waals surface area contributed by atoms with Crippen molar-refractivity contribution in [3.05, 3.63) is 0 Å². The molecule has 2 rings (SSSR count). The summed E-state index contributed by atoms with van der Waals surface area (Å²) in [5.74, 6) is 2.21. The zero-order valence-corrected chi connectivity index (χ0v) is 15.6. The molecule has 0 atom stereocenters. The number of nitrogens with zero attached hydrogens (tertiary/aromatic N) is 1. The standard InChI is InChI=1S/C19H36N4O/c1-3-20-19(23-17-11-9-15(2)10-12-17)22-14-13-21-18(24)16-7-5-4-6-8-16/h15-17H,3-14H2,1-2H3,(H,21,24)(H2,20,22,23). The Bertz CT molecular complexity index is 396. The lowest BCUT2D eigenvalue weighted by atomic mass is 9.87. The van der Waals surface area contributed by atoms with Gasteiger partial charge < -0.3 is 16.0 Å². The maximum Gasteiger partial charge on any atom is 0.223 e. The minimum Gasteiger partial charge on any atom is -0.357 e. The van der Waals surface area contributed by atoms with Crippen molar-refractivity contribution < 1.29 is 4.79 Å². The van der Waals surface area contributed by atoms with Gasteiger partial charge in [0.15, 0.2) is 5.96 Å². The van der Waals surface area contributed by atoms with Crippen LogP contribution in [0, 0.1) is 11.8 Å². The van der Waals surface area contributed by atoms with Crippen LogP contribution in [0.15, 0.2) is 4.99 Å². The molecule has 0 saturated heterocycles. The van der Waals surface area contributed by atoms with Gasteiger partial charge in [0.1, 0.15) is 0 Å². The van der Waals surface area contributed by atoms with Crippen LogP contribution < -0.4 is 16.0 Å². The molecule has 0 spiro atoms. The Balaban J connectivity index is 1.69. The molecule has 5 nitrogen and oxygen atoms in total. The molecular formula is C19H36N4O. The van der Waals surface area contributed by atoms with Gasteiger partial charge in [0.05, 0.1) is 6.54 Å². The SMILES string of the molecule is CCNC(=NCCNC(=O)C1CCCCC1)NC1CCC(C)CC1. The number of rotatable bonds is 6. The number of amides is 1. The summed E-state index contributed by atoms with van der Waals surface area (Å²) in [5, 5.41) is 9.93. The molecule has 0 aliphatic heterocycles. The molecule has 0 aromatic carbocycles. The topological polar surface area (TPSA) is 65.5 Å². The average molecular weight is 337 g/mol. The molecule has 2 aliphatic carbocycles. The van der Waals surface area contributed by atoms with Crippen molar-refractivity contribution in [1.82, 2.24) is 16.0 Å². The Morgan fingerprint density at radius 1 is 1.00 bits per heavy atom. The first kappa shape index (κ1) is 19.1. The molecule has 0 heterocycles. The largest absolute Gasteiger partial charge is 0.357 e. The van der Waals surface area contributed by atoms with E-state index in [1.54, 1.807) is 0 Å². The Hall–Kier alpha value is -1.26. The second-order valence-corrected chi connectivity index (χ2v) is 7.49. The van der Waals surface area contributed by atoms with Crippen molar-refractivity contribution in [2.24, 2.45) is 16.8 Å². The highest BCUT2D eigenvalue weighted by atomic mass is 16.1. The van der Waals surface area contributed by atoms with Crippen LogP contribution in [0.5, 0.6) is 0 Å². The molecule has 5 heteroatoms. The lowest BCUT2D eigenvalue weighted by Gasteiger charge is -2.28. The molecule has 0 aromatic heterocycles. The van der Waals surface area contributed by atoms with E-state index in [0.717, 1.165) is 31.3 Å². The fraction of sp³-hybridized carbons (Fsp3) is 0.895. The summed E-state index contributed by atoms with van der Waals surface area (Å²) in [7, 11) is 0. The molecule has 0 aromatic rings. The van der Waals surface area contributed by atoms with E-state index >= 15 is 0 Å². The fourth-order valence-corrected chi connectivity index (χ4v) is 3.77. The minimum atomic E-state index is 0.226. The predicted molar refractivity (Wildman–Crippen MR) is 100 cm³/mol. The highest BCUT2D eigenvalue weighted by molar-refractivity contribution is 5.80. The first-order chi connectivity index (χ1) is 11.7. The lowest BCUT2D eigenvalue weighted by molar-refractivity contribution is -0.125. The first-order valence-corrected chi connectivity index (χ1v) is 10.0. The van der Waals surface area contributed by atoms with Gasteiger partial charge in [-0.2, -0.15) is 0 Å². The van der Waals surface area contributed by atoms with Gasteiger partial charge in [0, 0.05) is 25.0 Å². The number of nitrogens with one attached hydrogen (secondary N) is 3. The Kier molecular flexibility index (Phi) is 8.40. The number of hydrogen-bond acceptors (Lipinski definition) is 2. The number of carbonyl (C=O) groups excluding carboxylic acids is 1. The van der Waals surface area contributed by atoms with Gasteiger partial charge in [-0.3, -0.25) is 9.79 Å². The van der Waals surface area contributed by atoms with E-state index in [0.29, 0.717) is 19.1 Å². The van der Waals surface area contributed by atoms with Crippen LogP contribution >= 0.6 is 0 Å². The van der Waals surface area contributed by atoms with E-state index in [9.17, 15) is 4.79 Å². The number of carbonyl (C=O) groups is 1. The third-order valence-corrected chi connectivity index (χ3v) is 5.36. The third kappa shape index (κ3) is 6.70. The van der Waals surface area contributed by atoms with Crippen molar-refractivity contribution in [2.45, 2.75) is 77.7 Å². The quantitative estimate of drug-likeness (QED) is 0.397. The minimum absolute atomic E-state index is 0.226. The molecule has 1 amide bonds. The van der Waals surface area contributed by atoms with Gasteiger partial charge in [-0.15, -0.1) is 0 Å². The summed E-state index contributed by atoms with van der Waals surface area (Å²) in [4.78, 5) is 16.7. The lowest BCUT2D eigenvalue weighted by Crippen LogP contribution is -2.45. The Labute approximate surface area is 147 Å². The van der Waals surface area contributed by atoms with Gasteiger partial charge in [-0.1, -0.05) is 26.2 Å². The maximum atomic E-state index is 12.1. The Morgan fingerprint density at radius 2 is 1.71 bits per heavy atom. The van der Waals surface area contributed by atoms with Crippen LogP contribution in [0.1, 0.15) is 71.6 Å². The molecular weight excluding hydrogens is 300 g/mol. The van der Waals surface area contributed by atoms with Crippen LogP contribution in [0.25, 0.3) is 0 Å². The van der Waals surface area contributed by atoms with Gasteiger partial charge in [0.25, 0.3) is 0 Å². The van der Waals surface area contributed by atoms with Gasteiger partial charge in [-0.05, 0) is 51.4 Å². The molecule has 2 fully saturated rings. The van der Waals surface area contributed by atoms with Crippen molar-refractivity contribution in [3.8, 4) is 0 Å². The molecule has 138 valence electrons. The third-order valence-electron chi connectivity index (χ3n) is 5.36. The first-order valence-electron chi connectivity index (χ1n) is 10.0. The molecule has 3 N–H and O–H groups in total. The van der Waals surface area contributed by atoms with Gasteiger partial charge in [0.2, 0.25) is 5.91 Å². The van der Waals surface area contributed by atoms with E-state index < -0.39 is 0 Å². The molecule has 24 heavy (non-hydrogen) atoms. The zero-order chi connectivity index (χ0) is 17.2. The normalized spacial score (nSPS) is 26.0. The highest BCUT2D eigenvalue weighted by Crippen LogP contribution is 2.24. The number of hydrogen-bond donors (Lipinski definition) is 3. The summed E-state index contributed by atoms with van der Waals surface area (Å²) in [5.41, 5.74) is 0.